The highest BCUT2D eigenvalue weighted by Gasteiger charge is 2.44. The quantitative estimate of drug-likeness (QED) is 0.557. The van der Waals surface area contributed by atoms with Crippen LogP contribution >= 0.6 is 0 Å². The topological polar surface area (TPSA) is 90.0 Å². The number of fused-ring (bicyclic) bond motifs is 1. The molecule has 0 aromatic heterocycles. The Morgan fingerprint density at radius 2 is 1.87 bits per heavy atom. The molecular formula is C21H24F3N3O4. The molecule has 2 aliphatic heterocycles. The third-order valence-electron chi connectivity index (χ3n) is 6.67. The van der Waals surface area contributed by atoms with Crippen LogP contribution < -0.4 is 10.2 Å². The number of piperidine rings is 1. The summed E-state index contributed by atoms with van der Waals surface area (Å²) in [5.41, 5.74) is -1.12. The first-order valence-electron chi connectivity index (χ1n) is 10.5. The molecule has 2 saturated heterocycles. The van der Waals surface area contributed by atoms with Gasteiger partial charge in [-0.25, -0.2) is 22.9 Å². The summed E-state index contributed by atoms with van der Waals surface area (Å²) in [6.07, 6.45) is 4.19. The average molecular weight is 439 g/mol. The van der Waals surface area contributed by atoms with Crippen LogP contribution in [0.15, 0.2) is 12.1 Å². The molecule has 31 heavy (non-hydrogen) atoms. The summed E-state index contributed by atoms with van der Waals surface area (Å²) in [6.45, 7) is 0.914. The van der Waals surface area contributed by atoms with Crippen molar-refractivity contribution in [3.05, 3.63) is 29.6 Å². The lowest BCUT2D eigenvalue weighted by atomic mass is 9.71. The fourth-order valence-electron chi connectivity index (χ4n) is 4.87. The third kappa shape index (κ3) is 4.00. The van der Waals surface area contributed by atoms with Crippen LogP contribution in [0.2, 0.25) is 0 Å². The first-order valence-corrected chi connectivity index (χ1v) is 10.5. The highest BCUT2D eigenvalue weighted by molar-refractivity contribution is 6.21. The molecule has 2 unspecified atom stereocenters. The molecule has 1 saturated carbocycles. The Labute approximate surface area is 177 Å². The number of imide groups is 1. The zero-order chi connectivity index (χ0) is 22.3. The second-order valence-electron chi connectivity index (χ2n) is 8.57. The van der Waals surface area contributed by atoms with Crippen molar-refractivity contribution in [3.63, 3.8) is 0 Å². The van der Waals surface area contributed by atoms with E-state index in [4.69, 9.17) is 0 Å². The number of anilines is 1. The number of carbonyl (C=O) groups is 3. The van der Waals surface area contributed by atoms with Crippen molar-refractivity contribution in [2.75, 3.05) is 18.0 Å². The van der Waals surface area contributed by atoms with Crippen molar-refractivity contribution in [1.82, 2.24) is 10.2 Å². The molecule has 4 amide bonds. The van der Waals surface area contributed by atoms with E-state index in [-0.39, 0.29) is 24.7 Å². The normalized spacial score (nSPS) is 28.5. The summed E-state index contributed by atoms with van der Waals surface area (Å²) in [4.78, 5) is 39.7. The van der Waals surface area contributed by atoms with Gasteiger partial charge in [0, 0.05) is 37.6 Å². The number of carbonyl (C=O) groups excluding carboxylic acids is 3. The largest absolute Gasteiger partial charge is 0.389 e. The lowest BCUT2D eigenvalue weighted by Gasteiger charge is -2.47. The van der Waals surface area contributed by atoms with Gasteiger partial charge in [0.05, 0.1) is 11.3 Å². The van der Waals surface area contributed by atoms with Crippen LogP contribution in [0.3, 0.4) is 0 Å². The summed E-state index contributed by atoms with van der Waals surface area (Å²) in [5.74, 6) is -5.60. The number of hydrogen-bond acceptors (Lipinski definition) is 4. The van der Waals surface area contributed by atoms with E-state index in [0.29, 0.717) is 36.5 Å². The van der Waals surface area contributed by atoms with E-state index in [1.165, 1.54) is 0 Å². The highest BCUT2D eigenvalue weighted by Crippen LogP contribution is 2.40. The molecule has 7 nitrogen and oxygen atoms in total. The van der Waals surface area contributed by atoms with E-state index in [0.717, 1.165) is 25.7 Å². The molecule has 2 heterocycles. The van der Waals surface area contributed by atoms with Gasteiger partial charge in [-0.3, -0.25) is 9.59 Å². The molecule has 3 fully saturated rings. The molecule has 1 aromatic carbocycles. The minimum Gasteiger partial charge on any atom is -0.389 e. The minimum atomic E-state index is -1.69. The maximum atomic E-state index is 13.5. The zero-order valence-electron chi connectivity index (χ0n) is 16.9. The minimum absolute atomic E-state index is 0.00180. The fraction of sp³-hybridized carbons (Fsp3) is 0.571. The van der Waals surface area contributed by atoms with Crippen molar-refractivity contribution in [1.29, 1.82) is 0 Å². The van der Waals surface area contributed by atoms with Gasteiger partial charge in [-0.15, -0.1) is 0 Å². The Morgan fingerprint density at radius 1 is 1.16 bits per heavy atom. The second-order valence-corrected chi connectivity index (χ2v) is 8.57. The van der Waals surface area contributed by atoms with Gasteiger partial charge in [0.2, 0.25) is 5.91 Å². The second kappa shape index (κ2) is 8.14. The molecule has 10 heteroatoms. The number of rotatable bonds is 4. The maximum Gasteiger partial charge on any atom is 0.329 e. The van der Waals surface area contributed by atoms with E-state index in [2.05, 4.69) is 5.32 Å². The number of halogens is 3. The van der Waals surface area contributed by atoms with Crippen molar-refractivity contribution in [2.24, 2.45) is 5.92 Å². The van der Waals surface area contributed by atoms with Crippen molar-refractivity contribution < 1.29 is 32.7 Å². The molecule has 0 radical (unpaired) electrons. The smallest absolute Gasteiger partial charge is 0.329 e. The number of nitrogens with one attached hydrogen (secondary N) is 1. The molecule has 1 aliphatic carbocycles. The Bertz CT molecular complexity index is 904. The van der Waals surface area contributed by atoms with E-state index < -0.39 is 46.7 Å². The van der Waals surface area contributed by atoms with Crippen molar-refractivity contribution in [2.45, 2.75) is 56.6 Å². The van der Waals surface area contributed by atoms with E-state index in [1.807, 2.05) is 0 Å². The van der Waals surface area contributed by atoms with Crippen molar-refractivity contribution in [3.8, 4) is 0 Å². The number of urea groups is 1. The van der Waals surface area contributed by atoms with Crippen LogP contribution in [0.4, 0.5) is 23.7 Å². The molecule has 3 aliphatic rings. The highest BCUT2D eigenvalue weighted by atomic mass is 19.2. The first kappa shape index (κ1) is 21.6. The van der Waals surface area contributed by atoms with Crippen molar-refractivity contribution >= 4 is 23.5 Å². The SMILES string of the molecule is O=C(CC[C@@H]1NC(=O)N(c2cc(F)c(F)c(F)c2)C1=O)N1CCC2(O)CCCCC2C1. The summed E-state index contributed by atoms with van der Waals surface area (Å²) in [5, 5.41) is 13.1. The Kier molecular flexibility index (Phi) is 5.67. The number of aliphatic hydroxyl groups is 1. The molecule has 0 bridgehead atoms. The van der Waals surface area contributed by atoms with Gasteiger partial charge in [0.25, 0.3) is 5.91 Å². The molecule has 168 valence electrons. The van der Waals surface area contributed by atoms with E-state index >= 15 is 0 Å². The van der Waals surface area contributed by atoms with Gasteiger partial charge in [-0.1, -0.05) is 12.8 Å². The van der Waals surface area contributed by atoms with Gasteiger partial charge < -0.3 is 15.3 Å². The standard InChI is InChI=1S/C21H24F3N3O4/c22-14-9-13(10-15(23)18(14)24)27-19(29)16(25-20(27)30)4-5-17(28)26-8-7-21(31)6-2-1-3-12(21)11-26/h9-10,12,16,31H,1-8,11H2,(H,25,30)/t12?,16-,21?/m0/s1. The monoisotopic (exact) mass is 439 g/mol. The van der Waals surface area contributed by atoms with Crippen LogP contribution in [0.5, 0.6) is 0 Å². The van der Waals surface area contributed by atoms with Gasteiger partial charge in [0.15, 0.2) is 17.5 Å². The molecule has 2 N–H and O–H groups in total. The van der Waals surface area contributed by atoms with E-state index in [9.17, 15) is 32.7 Å². The predicted molar refractivity (Wildman–Crippen MR) is 103 cm³/mol. The average Bonchev–Trinajstić information content (AvgIpc) is 3.02. The number of amides is 4. The summed E-state index contributed by atoms with van der Waals surface area (Å²) in [6, 6.07) is -0.771. The van der Waals surface area contributed by atoms with E-state index in [1.54, 1.807) is 4.90 Å². The molecule has 1 aromatic rings. The maximum absolute atomic E-state index is 13.5. The predicted octanol–water partition coefficient (Wildman–Crippen LogP) is 2.46. The lowest BCUT2D eigenvalue weighted by molar-refractivity contribution is -0.143. The number of benzene rings is 1. The third-order valence-corrected chi connectivity index (χ3v) is 6.67. The van der Waals surface area contributed by atoms with Gasteiger partial charge in [-0.05, 0) is 25.7 Å². The first-order chi connectivity index (χ1) is 14.7. The molecule has 3 atom stereocenters. The van der Waals surface area contributed by atoms with Crippen LogP contribution in [0.25, 0.3) is 0 Å². The molecule has 4 rings (SSSR count). The Balaban J connectivity index is 1.37. The number of hydrogen-bond donors (Lipinski definition) is 2. The number of likely N-dealkylation sites (tertiary alicyclic amines) is 1. The summed E-state index contributed by atoms with van der Waals surface area (Å²) in [7, 11) is 0. The molecular weight excluding hydrogens is 415 g/mol. The van der Waals surface area contributed by atoms with Crippen LogP contribution in [0.1, 0.15) is 44.9 Å². The Morgan fingerprint density at radius 3 is 2.58 bits per heavy atom. The fourth-order valence-corrected chi connectivity index (χ4v) is 4.87. The van der Waals surface area contributed by atoms with Gasteiger partial charge in [0.1, 0.15) is 6.04 Å². The van der Waals surface area contributed by atoms with Gasteiger partial charge >= 0.3 is 6.03 Å². The number of nitrogens with zero attached hydrogens (tertiary/aromatic N) is 2. The summed E-state index contributed by atoms with van der Waals surface area (Å²) < 4.78 is 40.2. The summed E-state index contributed by atoms with van der Waals surface area (Å²) >= 11 is 0. The van der Waals surface area contributed by atoms with Crippen LogP contribution in [0, 0.1) is 23.4 Å². The zero-order valence-corrected chi connectivity index (χ0v) is 16.9. The molecule has 0 spiro atoms. The Hall–Kier alpha value is -2.62. The van der Waals surface area contributed by atoms with Crippen LogP contribution in [-0.2, 0) is 9.59 Å². The van der Waals surface area contributed by atoms with Crippen LogP contribution in [-0.4, -0.2) is 52.6 Å². The van der Waals surface area contributed by atoms with Gasteiger partial charge in [-0.2, -0.15) is 0 Å². The lowest BCUT2D eigenvalue weighted by Crippen LogP contribution is -2.54.